The maximum Gasteiger partial charge on any atom is 0.244 e. The molecule has 1 atom stereocenters. The normalized spacial score (nSPS) is 24.5. The van der Waals surface area contributed by atoms with Crippen LogP contribution in [0.1, 0.15) is 18.0 Å². The van der Waals surface area contributed by atoms with E-state index in [1.54, 1.807) is 12.1 Å². The van der Waals surface area contributed by atoms with Crippen LogP contribution in [0, 0.1) is 5.82 Å². The summed E-state index contributed by atoms with van der Waals surface area (Å²) in [5, 5.41) is 3.93. The number of fused-ring (bicyclic) bond motifs is 5. The molecule has 2 aliphatic rings. The van der Waals surface area contributed by atoms with Gasteiger partial charge in [-0.2, -0.15) is 4.31 Å². The molecular formula is C14H14FN3O2S. The Morgan fingerprint density at radius 1 is 1.33 bits per heavy atom. The molecule has 2 aromatic rings. The van der Waals surface area contributed by atoms with Gasteiger partial charge >= 0.3 is 0 Å². The van der Waals surface area contributed by atoms with Gasteiger partial charge in [0.1, 0.15) is 0 Å². The summed E-state index contributed by atoms with van der Waals surface area (Å²) in [6, 6.07) is 3.28. The minimum atomic E-state index is -3.65. The van der Waals surface area contributed by atoms with Gasteiger partial charge in [-0.1, -0.05) is 12.1 Å². The Balaban J connectivity index is 2.08. The summed E-state index contributed by atoms with van der Waals surface area (Å²) in [6.45, 7) is 1.82. The minimum Gasteiger partial charge on any atom is -0.315 e. The third kappa shape index (κ3) is 1.74. The number of rotatable bonds is 0. The van der Waals surface area contributed by atoms with Gasteiger partial charge in [-0.3, -0.25) is 4.98 Å². The maximum atomic E-state index is 14.2. The highest BCUT2D eigenvalue weighted by Crippen LogP contribution is 2.43. The van der Waals surface area contributed by atoms with Gasteiger partial charge in [0.05, 0.1) is 17.1 Å². The van der Waals surface area contributed by atoms with Gasteiger partial charge in [0.15, 0.2) is 5.82 Å². The van der Waals surface area contributed by atoms with Crippen molar-refractivity contribution in [1.29, 1.82) is 0 Å². The van der Waals surface area contributed by atoms with Crippen LogP contribution in [-0.2, 0) is 10.0 Å². The first-order valence-corrected chi connectivity index (χ1v) is 8.33. The average molecular weight is 307 g/mol. The van der Waals surface area contributed by atoms with E-state index in [9.17, 15) is 12.8 Å². The Labute approximate surface area is 121 Å². The monoisotopic (exact) mass is 307 g/mol. The van der Waals surface area contributed by atoms with Gasteiger partial charge in [0.25, 0.3) is 0 Å². The van der Waals surface area contributed by atoms with Crippen LogP contribution in [0.5, 0.6) is 0 Å². The first-order valence-electron chi connectivity index (χ1n) is 6.89. The number of aromatic nitrogens is 1. The fourth-order valence-electron chi connectivity index (χ4n) is 3.28. The van der Waals surface area contributed by atoms with E-state index in [2.05, 4.69) is 10.3 Å². The van der Waals surface area contributed by atoms with Gasteiger partial charge in [0.2, 0.25) is 10.0 Å². The highest BCUT2D eigenvalue weighted by atomic mass is 32.2. The molecule has 4 rings (SSSR count). The summed E-state index contributed by atoms with van der Waals surface area (Å²) in [5.74, 6) is -0.585. The summed E-state index contributed by atoms with van der Waals surface area (Å²) in [4.78, 5) is 3.91. The second-order valence-corrected chi connectivity index (χ2v) is 7.22. The van der Waals surface area contributed by atoms with Gasteiger partial charge in [0, 0.05) is 30.1 Å². The van der Waals surface area contributed by atoms with Crippen molar-refractivity contribution in [1.82, 2.24) is 14.6 Å². The van der Waals surface area contributed by atoms with Crippen LogP contribution in [0.2, 0.25) is 0 Å². The van der Waals surface area contributed by atoms with Crippen molar-refractivity contribution in [3.63, 3.8) is 0 Å². The molecule has 1 aromatic carbocycles. The number of nitrogens with one attached hydrogen (secondary N) is 1. The molecule has 0 bridgehead atoms. The van der Waals surface area contributed by atoms with Crippen molar-refractivity contribution in [3.05, 3.63) is 35.9 Å². The summed E-state index contributed by atoms with van der Waals surface area (Å²) in [5.41, 5.74) is 0.682. The molecule has 0 spiro atoms. The number of hydrogen-bond acceptors (Lipinski definition) is 4. The predicted molar refractivity (Wildman–Crippen MR) is 75.8 cm³/mol. The standard InChI is InChI=1S/C14H14FN3O2S/c15-11-7-17-6-9-2-3-10-12-8-16-4-1-5-18(12)21(19,20)14(10)13(9)11/h2-3,6-7,12,16H,1,4-5,8H2/t12-/m1/s1. The van der Waals surface area contributed by atoms with Crippen LogP contribution >= 0.6 is 0 Å². The Morgan fingerprint density at radius 3 is 3.05 bits per heavy atom. The highest BCUT2D eigenvalue weighted by Gasteiger charge is 2.44. The van der Waals surface area contributed by atoms with Crippen molar-refractivity contribution in [3.8, 4) is 0 Å². The topological polar surface area (TPSA) is 62.3 Å². The van der Waals surface area contributed by atoms with Crippen LogP contribution in [0.25, 0.3) is 10.8 Å². The van der Waals surface area contributed by atoms with Crippen LogP contribution in [0.15, 0.2) is 29.4 Å². The zero-order valence-electron chi connectivity index (χ0n) is 11.2. The predicted octanol–water partition coefficient (Wildman–Crippen LogP) is 1.41. The Hall–Kier alpha value is -1.57. The van der Waals surface area contributed by atoms with Crippen molar-refractivity contribution in [2.45, 2.75) is 17.4 Å². The summed E-state index contributed by atoms with van der Waals surface area (Å²) >= 11 is 0. The van der Waals surface area contributed by atoms with Gasteiger partial charge < -0.3 is 5.32 Å². The van der Waals surface area contributed by atoms with E-state index in [0.717, 1.165) is 19.2 Å². The molecule has 3 heterocycles. The number of sulfonamides is 1. The second-order valence-electron chi connectivity index (χ2n) is 5.39. The van der Waals surface area contributed by atoms with Crippen molar-refractivity contribution >= 4 is 20.8 Å². The minimum absolute atomic E-state index is 0.119. The van der Waals surface area contributed by atoms with Gasteiger partial charge in [-0.25, -0.2) is 12.8 Å². The average Bonchev–Trinajstić information content (AvgIpc) is 2.65. The van der Waals surface area contributed by atoms with E-state index in [0.29, 0.717) is 24.0 Å². The number of hydrogen-bond donors (Lipinski definition) is 1. The lowest BCUT2D eigenvalue weighted by atomic mass is 10.0. The molecule has 1 N–H and O–H groups in total. The summed E-state index contributed by atoms with van der Waals surface area (Å²) in [6.07, 6.45) is 3.32. The molecule has 0 saturated carbocycles. The van der Waals surface area contributed by atoms with Crippen LogP contribution in [0.3, 0.4) is 0 Å². The molecule has 2 aliphatic heterocycles. The Morgan fingerprint density at radius 2 is 2.19 bits per heavy atom. The Kier molecular flexibility index (Phi) is 2.79. The molecule has 21 heavy (non-hydrogen) atoms. The highest BCUT2D eigenvalue weighted by molar-refractivity contribution is 7.89. The number of pyridine rings is 1. The SMILES string of the molecule is O=S1(=O)c2c(ccc3cncc(F)c23)[C@H]2CNCCCN21. The smallest absolute Gasteiger partial charge is 0.244 e. The molecule has 7 heteroatoms. The Bertz CT molecular complexity index is 837. The lowest BCUT2D eigenvalue weighted by Gasteiger charge is -2.19. The van der Waals surface area contributed by atoms with E-state index >= 15 is 0 Å². The number of halogens is 1. The summed E-state index contributed by atoms with van der Waals surface area (Å²) in [7, 11) is -3.65. The quantitative estimate of drug-likeness (QED) is 0.799. The lowest BCUT2D eigenvalue weighted by Crippen LogP contribution is -2.31. The zero-order chi connectivity index (χ0) is 14.6. The number of nitrogens with zero attached hydrogens (tertiary/aromatic N) is 2. The maximum absolute atomic E-state index is 14.2. The first-order chi connectivity index (χ1) is 10.1. The molecule has 0 amide bonds. The molecule has 1 aromatic heterocycles. The molecule has 5 nitrogen and oxygen atoms in total. The molecule has 1 saturated heterocycles. The van der Waals surface area contributed by atoms with Crippen molar-refractivity contribution in [2.24, 2.45) is 0 Å². The third-order valence-corrected chi connectivity index (χ3v) is 6.21. The summed E-state index contributed by atoms with van der Waals surface area (Å²) < 4.78 is 41.4. The van der Waals surface area contributed by atoms with Gasteiger partial charge in [-0.05, 0) is 18.5 Å². The molecule has 1 fully saturated rings. The molecule has 0 unspecified atom stereocenters. The first kappa shape index (κ1) is 13.1. The lowest BCUT2D eigenvalue weighted by molar-refractivity contribution is 0.359. The van der Waals surface area contributed by atoms with E-state index < -0.39 is 15.8 Å². The number of benzene rings is 1. The van der Waals surface area contributed by atoms with Gasteiger partial charge in [-0.15, -0.1) is 0 Å². The van der Waals surface area contributed by atoms with Crippen molar-refractivity contribution < 1.29 is 12.8 Å². The van der Waals surface area contributed by atoms with Crippen LogP contribution in [0.4, 0.5) is 4.39 Å². The fourth-order valence-corrected chi connectivity index (χ4v) is 5.38. The molecule has 0 aliphatic carbocycles. The fraction of sp³-hybridized carbons (Fsp3) is 0.357. The zero-order valence-corrected chi connectivity index (χ0v) is 12.0. The molecule has 110 valence electrons. The molecular weight excluding hydrogens is 293 g/mol. The van der Waals surface area contributed by atoms with Crippen molar-refractivity contribution in [2.75, 3.05) is 19.6 Å². The van der Waals surface area contributed by atoms with E-state index in [4.69, 9.17) is 0 Å². The van der Waals surface area contributed by atoms with Crippen LogP contribution in [-0.4, -0.2) is 37.3 Å². The van der Waals surface area contributed by atoms with E-state index in [1.165, 1.54) is 10.5 Å². The van der Waals surface area contributed by atoms with E-state index in [-0.39, 0.29) is 16.3 Å². The van der Waals surface area contributed by atoms with E-state index in [1.807, 2.05) is 0 Å². The van der Waals surface area contributed by atoms with Crippen LogP contribution < -0.4 is 5.32 Å². The molecule has 0 radical (unpaired) electrons. The third-order valence-electron chi connectivity index (χ3n) is 4.20. The second kappa shape index (κ2) is 4.46. The largest absolute Gasteiger partial charge is 0.315 e.